The van der Waals surface area contributed by atoms with E-state index in [2.05, 4.69) is 6.92 Å². The van der Waals surface area contributed by atoms with Gasteiger partial charge in [-0.3, -0.25) is 0 Å². The highest BCUT2D eigenvalue weighted by molar-refractivity contribution is 4.89. The molecule has 2 saturated heterocycles. The van der Waals surface area contributed by atoms with E-state index in [1.807, 2.05) is 0 Å². The molecule has 64 valence electrons. The second-order valence-electron chi connectivity index (χ2n) is 4.06. The topological polar surface area (TPSA) is 9.23 Å². The molecule has 0 N–H and O–H groups in total. The SMILES string of the molecule is CCC12CCCC(CCC1)O2. The molecule has 1 heteroatoms. The second kappa shape index (κ2) is 2.78. The molecule has 0 amide bonds. The van der Waals surface area contributed by atoms with Gasteiger partial charge in [0.05, 0.1) is 11.7 Å². The minimum Gasteiger partial charge on any atom is -0.372 e. The van der Waals surface area contributed by atoms with Crippen LogP contribution in [0.5, 0.6) is 0 Å². The van der Waals surface area contributed by atoms with Crippen molar-refractivity contribution in [1.29, 1.82) is 0 Å². The molecule has 2 fully saturated rings. The highest BCUT2D eigenvalue weighted by Crippen LogP contribution is 2.40. The van der Waals surface area contributed by atoms with Gasteiger partial charge in [0, 0.05) is 0 Å². The molecular weight excluding hydrogens is 136 g/mol. The number of ether oxygens (including phenoxy) is 1. The van der Waals surface area contributed by atoms with Gasteiger partial charge in [0.25, 0.3) is 0 Å². The summed E-state index contributed by atoms with van der Waals surface area (Å²) in [6.07, 6.45) is 9.93. The van der Waals surface area contributed by atoms with Gasteiger partial charge in [-0.1, -0.05) is 6.92 Å². The maximum atomic E-state index is 6.06. The standard InChI is InChI=1S/C10H18O/c1-2-10-7-3-5-9(11-10)6-4-8-10/h9H,2-8H2,1H3. The van der Waals surface area contributed by atoms with Crippen LogP contribution >= 0.6 is 0 Å². The fraction of sp³-hybridized carbons (Fsp3) is 1.00. The molecule has 2 heterocycles. The Labute approximate surface area is 69.1 Å². The number of fused-ring (bicyclic) bond motifs is 2. The molecule has 0 unspecified atom stereocenters. The van der Waals surface area contributed by atoms with Crippen molar-refractivity contribution in [2.24, 2.45) is 0 Å². The minimum atomic E-state index is 0.321. The summed E-state index contributed by atoms with van der Waals surface area (Å²) in [5.41, 5.74) is 0.321. The van der Waals surface area contributed by atoms with E-state index in [-0.39, 0.29) is 0 Å². The summed E-state index contributed by atoms with van der Waals surface area (Å²) >= 11 is 0. The van der Waals surface area contributed by atoms with Gasteiger partial charge in [-0.25, -0.2) is 0 Å². The lowest BCUT2D eigenvalue weighted by atomic mass is 9.80. The van der Waals surface area contributed by atoms with E-state index in [0.29, 0.717) is 11.7 Å². The average molecular weight is 154 g/mol. The lowest BCUT2D eigenvalue weighted by Gasteiger charge is -2.45. The Morgan fingerprint density at radius 3 is 2.36 bits per heavy atom. The van der Waals surface area contributed by atoms with E-state index < -0.39 is 0 Å². The predicted octanol–water partition coefficient (Wildman–Crippen LogP) is 2.89. The maximum Gasteiger partial charge on any atom is 0.0683 e. The van der Waals surface area contributed by atoms with Crippen molar-refractivity contribution < 1.29 is 4.74 Å². The lowest BCUT2D eigenvalue weighted by molar-refractivity contribution is -0.160. The zero-order valence-corrected chi connectivity index (χ0v) is 7.44. The predicted molar refractivity (Wildman–Crippen MR) is 45.6 cm³/mol. The van der Waals surface area contributed by atoms with Crippen molar-refractivity contribution in [3.8, 4) is 0 Å². The van der Waals surface area contributed by atoms with E-state index in [4.69, 9.17) is 4.74 Å². The zero-order chi connectivity index (χ0) is 7.73. The summed E-state index contributed by atoms with van der Waals surface area (Å²) in [6.45, 7) is 2.27. The first-order chi connectivity index (χ1) is 5.35. The summed E-state index contributed by atoms with van der Waals surface area (Å²) < 4.78 is 6.06. The third-order valence-electron chi connectivity index (χ3n) is 3.38. The quantitative estimate of drug-likeness (QED) is 0.564. The third kappa shape index (κ3) is 1.31. The van der Waals surface area contributed by atoms with Crippen molar-refractivity contribution in [1.82, 2.24) is 0 Å². The molecule has 0 saturated carbocycles. The van der Waals surface area contributed by atoms with Gasteiger partial charge in [-0.2, -0.15) is 0 Å². The summed E-state index contributed by atoms with van der Waals surface area (Å²) in [4.78, 5) is 0. The summed E-state index contributed by atoms with van der Waals surface area (Å²) in [5, 5.41) is 0. The van der Waals surface area contributed by atoms with E-state index in [1.54, 1.807) is 0 Å². The smallest absolute Gasteiger partial charge is 0.0683 e. The van der Waals surface area contributed by atoms with E-state index in [0.717, 1.165) is 0 Å². The van der Waals surface area contributed by atoms with E-state index in [9.17, 15) is 0 Å². The molecule has 0 aromatic rings. The first-order valence-electron chi connectivity index (χ1n) is 5.02. The van der Waals surface area contributed by atoms with Crippen LogP contribution in [0, 0.1) is 0 Å². The van der Waals surface area contributed by atoms with Gasteiger partial charge in [0.2, 0.25) is 0 Å². The molecular formula is C10H18O. The van der Waals surface area contributed by atoms with Crippen LogP contribution in [0.15, 0.2) is 0 Å². The number of rotatable bonds is 1. The number of hydrogen-bond donors (Lipinski definition) is 0. The maximum absolute atomic E-state index is 6.06. The molecule has 2 rings (SSSR count). The molecule has 2 aliphatic rings. The van der Waals surface area contributed by atoms with Crippen LogP contribution in [0.2, 0.25) is 0 Å². The summed E-state index contributed by atoms with van der Waals surface area (Å²) in [6, 6.07) is 0. The zero-order valence-electron chi connectivity index (χ0n) is 7.44. The van der Waals surface area contributed by atoms with Crippen molar-refractivity contribution in [3.05, 3.63) is 0 Å². The number of hydrogen-bond acceptors (Lipinski definition) is 1. The molecule has 0 aromatic carbocycles. The Hall–Kier alpha value is -0.0400. The van der Waals surface area contributed by atoms with Crippen molar-refractivity contribution in [2.75, 3.05) is 0 Å². The Bertz CT molecular complexity index is 132. The third-order valence-corrected chi connectivity index (χ3v) is 3.38. The van der Waals surface area contributed by atoms with Crippen molar-refractivity contribution in [3.63, 3.8) is 0 Å². The molecule has 2 bridgehead atoms. The van der Waals surface area contributed by atoms with Crippen LogP contribution in [0.1, 0.15) is 51.9 Å². The van der Waals surface area contributed by atoms with Crippen LogP contribution in [0.25, 0.3) is 0 Å². The molecule has 0 aliphatic carbocycles. The molecule has 0 atom stereocenters. The largest absolute Gasteiger partial charge is 0.372 e. The van der Waals surface area contributed by atoms with Crippen LogP contribution in [-0.2, 0) is 4.74 Å². The molecule has 2 aliphatic heterocycles. The summed E-state index contributed by atoms with van der Waals surface area (Å²) in [7, 11) is 0. The van der Waals surface area contributed by atoms with E-state index in [1.165, 1.54) is 44.9 Å². The lowest BCUT2D eigenvalue weighted by Crippen LogP contribution is -2.43. The van der Waals surface area contributed by atoms with Crippen LogP contribution < -0.4 is 0 Å². The Morgan fingerprint density at radius 2 is 1.91 bits per heavy atom. The van der Waals surface area contributed by atoms with Crippen molar-refractivity contribution in [2.45, 2.75) is 63.6 Å². The van der Waals surface area contributed by atoms with Gasteiger partial charge < -0.3 is 4.74 Å². The van der Waals surface area contributed by atoms with Gasteiger partial charge in [-0.15, -0.1) is 0 Å². The summed E-state index contributed by atoms with van der Waals surface area (Å²) in [5.74, 6) is 0. The second-order valence-corrected chi connectivity index (χ2v) is 4.06. The fourth-order valence-electron chi connectivity index (χ4n) is 2.60. The first-order valence-corrected chi connectivity index (χ1v) is 5.02. The van der Waals surface area contributed by atoms with Gasteiger partial charge in [0.15, 0.2) is 0 Å². The van der Waals surface area contributed by atoms with Crippen LogP contribution in [-0.4, -0.2) is 11.7 Å². The normalized spacial score (nSPS) is 43.9. The molecule has 0 spiro atoms. The van der Waals surface area contributed by atoms with Crippen LogP contribution in [0.4, 0.5) is 0 Å². The molecule has 1 nitrogen and oxygen atoms in total. The van der Waals surface area contributed by atoms with Gasteiger partial charge in [-0.05, 0) is 44.9 Å². The first kappa shape index (κ1) is 7.60. The monoisotopic (exact) mass is 154 g/mol. The molecule has 11 heavy (non-hydrogen) atoms. The minimum absolute atomic E-state index is 0.321. The van der Waals surface area contributed by atoms with Crippen molar-refractivity contribution >= 4 is 0 Å². The van der Waals surface area contributed by atoms with Crippen LogP contribution in [0.3, 0.4) is 0 Å². The highest BCUT2D eigenvalue weighted by Gasteiger charge is 2.38. The van der Waals surface area contributed by atoms with Gasteiger partial charge in [0.1, 0.15) is 0 Å². The Balaban J connectivity index is 2.07. The highest BCUT2D eigenvalue weighted by atomic mass is 16.5. The average Bonchev–Trinajstić information content (AvgIpc) is 2.05. The molecule has 0 aromatic heterocycles. The Morgan fingerprint density at radius 1 is 1.27 bits per heavy atom. The van der Waals surface area contributed by atoms with Gasteiger partial charge >= 0.3 is 0 Å². The Kier molecular flexibility index (Phi) is 1.92. The fourth-order valence-corrected chi connectivity index (χ4v) is 2.60. The molecule has 0 radical (unpaired) electrons. The van der Waals surface area contributed by atoms with E-state index >= 15 is 0 Å².